The summed E-state index contributed by atoms with van der Waals surface area (Å²) in [6.45, 7) is 0. The Hall–Kier alpha value is -1.02. The Balaban J connectivity index is 2.84. The van der Waals surface area contributed by atoms with Gasteiger partial charge in [-0.05, 0) is 24.5 Å². The van der Waals surface area contributed by atoms with Crippen LogP contribution in [0.25, 0.3) is 0 Å². The van der Waals surface area contributed by atoms with Gasteiger partial charge in [-0.1, -0.05) is 18.2 Å². The fourth-order valence-corrected chi connectivity index (χ4v) is 1.37. The lowest BCUT2D eigenvalue weighted by Gasteiger charge is -2.04. The highest BCUT2D eigenvalue weighted by Crippen LogP contribution is 2.10. The van der Waals surface area contributed by atoms with Gasteiger partial charge >= 0.3 is 0 Å². The van der Waals surface area contributed by atoms with Gasteiger partial charge in [-0.3, -0.25) is 4.79 Å². The maximum absolute atomic E-state index is 11.0. The number of nitrogens with two attached hydrogens (primary N) is 1. The first-order chi connectivity index (χ1) is 6.25. The molecule has 0 atom stereocenters. The third-order valence-corrected chi connectivity index (χ3v) is 2.13. The average Bonchev–Trinajstić information content (AvgIpc) is 2.15. The van der Waals surface area contributed by atoms with E-state index in [1.807, 2.05) is 18.2 Å². The molecular formula is C10H12ClNO. The van der Waals surface area contributed by atoms with Crippen molar-refractivity contribution in [1.29, 1.82) is 0 Å². The number of halogens is 1. The first-order valence-corrected chi connectivity index (χ1v) is 4.73. The summed E-state index contributed by atoms with van der Waals surface area (Å²) in [6, 6.07) is 7.36. The number of hydrogen-bond donors (Lipinski definition) is 1. The predicted octanol–water partition coefficient (Wildman–Crippen LogP) is 1.96. The van der Waals surface area contributed by atoms with Gasteiger partial charge in [0, 0.05) is 11.4 Å². The minimum absolute atomic E-state index is 0.370. The van der Waals surface area contributed by atoms with Crippen molar-refractivity contribution in [2.45, 2.75) is 12.8 Å². The van der Waals surface area contributed by atoms with Gasteiger partial charge < -0.3 is 5.73 Å². The van der Waals surface area contributed by atoms with Crippen molar-refractivity contribution in [3.05, 3.63) is 35.4 Å². The van der Waals surface area contributed by atoms with Crippen LogP contribution in [0.2, 0.25) is 0 Å². The normalized spacial score (nSPS) is 9.92. The Labute approximate surface area is 82.7 Å². The zero-order chi connectivity index (χ0) is 9.68. The van der Waals surface area contributed by atoms with Crippen molar-refractivity contribution in [2.75, 3.05) is 5.88 Å². The molecule has 0 saturated heterocycles. The Morgan fingerprint density at radius 1 is 1.38 bits per heavy atom. The van der Waals surface area contributed by atoms with Gasteiger partial charge in [0.15, 0.2) is 0 Å². The number of rotatable bonds is 4. The highest BCUT2D eigenvalue weighted by molar-refractivity contribution is 6.17. The van der Waals surface area contributed by atoms with Crippen LogP contribution in [0.3, 0.4) is 0 Å². The van der Waals surface area contributed by atoms with Gasteiger partial charge in [0.2, 0.25) is 5.91 Å². The van der Waals surface area contributed by atoms with Crippen LogP contribution in [0.5, 0.6) is 0 Å². The van der Waals surface area contributed by atoms with Gasteiger partial charge in [-0.15, -0.1) is 11.6 Å². The van der Waals surface area contributed by atoms with E-state index in [9.17, 15) is 4.79 Å². The lowest BCUT2D eigenvalue weighted by atomic mass is 10.0. The second-order valence-corrected chi connectivity index (χ2v) is 3.19. The van der Waals surface area contributed by atoms with Crippen LogP contribution < -0.4 is 5.73 Å². The van der Waals surface area contributed by atoms with E-state index in [0.29, 0.717) is 11.4 Å². The number of hydrogen-bond acceptors (Lipinski definition) is 1. The Kier molecular flexibility index (Phi) is 3.77. The zero-order valence-electron chi connectivity index (χ0n) is 7.29. The third-order valence-electron chi connectivity index (χ3n) is 1.86. The lowest BCUT2D eigenvalue weighted by molar-refractivity contribution is 0.0999. The minimum atomic E-state index is -0.370. The Morgan fingerprint density at radius 2 is 2.08 bits per heavy atom. The quantitative estimate of drug-likeness (QED) is 0.737. The number of primary amides is 1. The van der Waals surface area contributed by atoms with Gasteiger partial charge in [0.1, 0.15) is 0 Å². The molecule has 0 spiro atoms. The molecule has 3 heteroatoms. The van der Waals surface area contributed by atoms with Crippen molar-refractivity contribution in [1.82, 2.24) is 0 Å². The van der Waals surface area contributed by atoms with Crippen LogP contribution in [0.15, 0.2) is 24.3 Å². The first-order valence-electron chi connectivity index (χ1n) is 4.19. The van der Waals surface area contributed by atoms with Crippen LogP contribution >= 0.6 is 11.6 Å². The molecule has 0 saturated carbocycles. The van der Waals surface area contributed by atoms with E-state index in [0.717, 1.165) is 18.4 Å². The molecule has 1 aromatic rings. The molecule has 1 amide bonds. The smallest absolute Gasteiger partial charge is 0.248 e. The maximum Gasteiger partial charge on any atom is 0.248 e. The molecule has 0 aliphatic carbocycles. The molecule has 0 unspecified atom stereocenters. The van der Waals surface area contributed by atoms with Crippen molar-refractivity contribution >= 4 is 17.5 Å². The van der Waals surface area contributed by atoms with Crippen molar-refractivity contribution < 1.29 is 4.79 Å². The van der Waals surface area contributed by atoms with Crippen molar-refractivity contribution in [2.24, 2.45) is 5.73 Å². The summed E-state index contributed by atoms with van der Waals surface area (Å²) in [6.07, 6.45) is 1.68. The monoisotopic (exact) mass is 197 g/mol. The predicted molar refractivity (Wildman–Crippen MR) is 54.0 cm³/mol. The third kappa shape index (κ3) is 2.74. The molecule has 0 aliphatic heterocycles. The molecule has 0 bridgehead atoms. The summed E-state index contributed by atoms with van der Waals surface area (Å²) in [5.74, 6) is 0.234. The van der Waals surface area contributed by atoms with Gasteiger partial charge in [-0.2, -0.15) is 0 Å². The van der Waals surface area contributed by atoms with E-state index < -0.39 is 0 Å². The fourth-order valence-electron chi connectivity index (χ4n) is 1.24. The molecule has 0 radical (unpaired) electrons. The molecule has 1 aromatic carbocycles. The molecule has 0 aliphatic rings. The Morgan fingerprint density at radius 3 is 2.69 bits per heavy atom. The number of amides is 1. The maximum atomic E-state index is 11.0. The molecule has 2 nitrogen and oxygen atoms in total. The minimum Gasteiger partial charge on any atom is -0.366 e. The van der Waals surface area contributed by atoms with E-state index in [-0.39, 0.29) is 5.91 Å². The molecule has 1 rings (SSSR count). The summed E-state index contributed by atoms with van der Waals surface area (Å²) in [5.41, 5.74) is 6.80. The highest BCUT2D eigenvalue weighted by Gasteiger charge is 2.05. The van der Waals surface area contributed by atoms with E-state index in [1.165, 1.54) is 0 Å². The van der Waals surface area contributed by atoms with Crippen molar-refractivity contribution in [3.63, 3.8) is 0 Å². The first kappa shape index (κ1) is 10.1. The highest BCUT2D eigenvalue weighted by atomic mass is 35.5. The summed E-state index contributed by atoms with van der Waals surface area (Å²) in [4.78, 5) is 11.0. The summed E-state index contributed by atoms with van der Waals surface area (Å²) in [5, 5.41) is 0. The summed E-state index contributed by atoms with van der Waals surface area (Å²) in [7, 11) is 0. The standard InChI is InChI=1S/C10H12ClNO/c11-7-3-5-8-4-1-2-6-9(8)10(12)13/h1-2,4,6H,3,5,7H2,(H2,12,13). The van der Waals surface area contributed by atoms with Gasteiger partial charge in [-0.25, -0.2) is 0 Å². The fraction of sp³-hybridized carbons (Fsp3) is 0.300. The molecule has 2 N–H and O–H groups in total. The number of aryl methyl sites for hydroxylation is 1. The molecule has 0 fully saturated rings. The second-order valence-electron chi connectivity index (χ2n) is 2.81. The van der Waals surface area contributed by atoms with Crippen LogP contribution in [-0.4, -0.2) is 11.8 Å². The van der Waals surface area contributed by atoms with Gasteiger partial charge in [0.25, 0.3) is 0 Å². The second kappa shape index (κ2) is 4.87. The zero-order valence-corrected chi connectivity index (χ0v) is 8.05. The van der Waals surface area contributed by atoms with Gasteiger partial charge in [0.05, 0.1) is 0 Å². The Bertz CT molecular complexity index is 299. The summed E-state index contributed by atoms with van der Waals surface area (Å²) < 4.78 is 0. The lowest BCUT2D eigenvalue weighted by Crippen LogP contribution is -2.13. The molecule has 13 heavy (non-hydrogen) atoms. The van der Waals surface area contributed by atoms with Crippen LogP contribution in [0.1, 0.15) is 22.3 Å². The average molecular weight is 198 g/mol. The number of benzene rings is 1. The van der Waals surface area contributed by atoms with E-state index in [1.54, 1.807) is 6.07 Å². The summed E-state index contributed by atoms with van der Waals surface area (Å²) >= 11 is 5.57. The van der Waals surface area contributed by atoms with Crippen LogP contribution in [0, 0.1) is 0 Å². The molecule has 70 valence electrons. The van der Waals surface area contributed by atoms with E-state index >= 15 is 0 Å². The number of carbonyl (C=O) groups is 1. The van der Waals surface area contributed by atoms with Crippen LogP contribution in [-0.2, 0) is 6.42 Å². The molecule has 0 heterocycles. The van der Waals surface area contributed by atoms with E-state index in [4.69, 9.17) is 17.3 Å². The number of carbonyl (C=O) groups excluding carboxylic acids is 1. The largest absolute Gasteiger partial charge is 0.366 e. The van der Waals surface area contributed by atoms with E-state index in [2.05, 4.69) is 0 Å². The van der Waals surface area contributed by atoms with Crippen molar-refractivity contribution in [3.8, 4) is 0 Å². The van der Waals surface area contributed by atoms with Crippen LogP contribution in [0.4, 0.5) is 0 Å². The number of alkyl halides is 1. The molecular weight excluding hydrogens is 186 g/mol. The molecule has 0 aromatic heterocycles. The topological polar surface area (TPSA) is 43.1 Å². The SMILES string of the molecule is NC(=O)c1ccccc1CCCCl.